The Balaban J connectivity index is 0.000000215. The smallest absolute Gasteiger partial charge is 0.339 e. The molecule has 2 unspecified atom stereocenters. The first-order valence-corrected chi connectivity index (χ1v) is 22.9. The second-order valence-corrected chi connectivity index (χ2v) is 19.3. The number of hydrogen-bond donors (Lipinski definition) is 2. The van der Waals surface area contributed by atoms with Gasteiger partial charge in [0.25, 0.3) is 0 Å². The molecular weight excluding hydrogens is 825 g/mol. The molecule has 0 bridgehead atoms. The van der Waals surface area contributed by atoms with E-state index in [0.717, 1.165) is 27.7 Å². The summed E-state index contributed by atoms with van der Waals surface area (Å²) in [6.07, 6.45) is 19.8. The summed E-state index contributed by atoms with van der Waals surface area (Å²) in [5, 5.41) is 19.6. The Morgan fingerprint density at radius 1 is 0.877 bits per heavy atom. The molecule has 352 valence electrons. The zero-order chi connectivity index (χ0) is 47.7. The van der Waals surface area contributed by atoms with Crippen LogP contribution in [0.4, 0.5) is 0 Å². The fourth-order valence-corrected chi connectivity index (χ4v) is 8.93. The number of nitrogens with zero attached hydrogens (tertiary/aromatic N) is 4. The van der Waals surface area contributed by atoms with E-state index in [-0.39, 0.29) is 65.7 Å². The van der Waals surface area contributed by atoms with Crippen LogP contribution in [0, 0.1) is 37.5 Å². The Labute approximate surface area is 384 Å². The van der Waals surface area contributed by atoms with Gasteiger partial charge in [-0.2, -0.15) is 0 Å². The molecule has 2 aromatic heterocycles. The third-order valence-electron chi connectivity index (χ3n) is 12.9. The number of aliphatic hydroxyl groups is 1. The van der Waals surface area contributed by atoms with Crippen molar-refractivity contribution in [1.29, 1.82) is 0 Å². The molecule has 3 aliphatic heterocycles. The molecule has 2 saturated heterocycles. The van der Waals surface area contributed by atoms with E-state index in [2.05, 4.69) is 55.0 Å². The van der Waals surface area contributed by atoms with Gasteiger partial charge in [0, 0.05) is 43.0 Å². The van der Waals surface area contributed by atoms with Gasteiger partial charge in [-0.3, -0.25) is 0 Å². The quantitative estimate of drug-likeness (QED) is 0.128. The van der Waals surface area contributed by atoms with Crippen LogP contribution in [0.3, 0.4) is 0 Å². The number of hydrogen-bond acceptors (Lipinski definition) is 10. The second kappa shape index (κ2) is 19.9. The molecular formula is C52H70N4O9. The number of imidazole rings is 2. The molecule has 2 fully saturated rings. The fourth-order valence-electron chi connectivity index (χ4n) is 8.93. The Bertz CT molecular complexity index is 2490. The maximum atomic E-state index is 13.3. The largest absolute Gasteiger partial charge is 0.478 e. The number of carbonyl (C=O) groups is 2. The summed E-state index contributed by atoms with van der Waals surface area (Å²) >= 11 is 0. The van der Waals surface area contributed by atoms with Crippen LogP contribution in [0.5, 0.6) is 0 Å². The van der Waals surface area contributed by atoms with Crippen LogP contribution in [-0.2, 0) is 37.8 Å². The molecule has 2 aromatic carbocycles. The lowest BCUT2D eigenvalue weighted by molar-refractivity contribution is -0.148. The summed E-state index contributed by atoms with van der Waals surface area (Å²) in [4.78, 5) is 34.3. The highest BCUT2D eigenvalue weighted by molar-refractivity contribution is 6.03. The highest BCUT2D eigenvalue weighted by atomic mass is 16.8. The van der Waals surface area contributed by atoms with Gasteiger partial charge in [-0.25, -0.2) is 19.6 Å². The second-order valence-electron chi connectivity index (χ2n) is 19.3. The number of aryl methyl sites for hydroxylation is 4. The number of carboxylic acids is 1. The standard InChI is InChI=1S/C26H36N2O5.C26H34N2O4/c1-15(18(4)29)11-12-16(2)24-21(32-26(5,6)33-24)10-8-9-19-22(25(30)31)17(3)13-20-23(19)27-14-28(20)7;1-15-11-12-16(2)24-21(31-26(5,6)32-24)10-8-9-19-22(25(29)30-18(15)4)17(3)13-20-23(19)27-14-28(20)7/h8-9,11-16,18,21,24,29H,10H2,1-7H3,(H,30,31);8-9,11-16,18,21,24H,10H2,1-7H3/b9-8+,12-11-;9-8?,12-11-/t2*15-,16?,18+,21+,24-/m11/s1. The van der Waals surface area contributed by atoms with Crippen molar-refractivity contribution < 1.29 is 43.5 Å². The Hall–Kier alpha value is -4.92. The van der Waals surface area contributed by atoms with Crippen molar-refractivity contribution in [3.05, 3.63) is 94.6 Å². The average molecular weight is 895 g/mol. The molecule has 13 heteroatoms. The number of esters is 1. The van der Waals surface area contributed by atoms with Gasteiger partial charge in [-0.1, -0.05) is 76.3 Å². The van der Waals surface area contributed by atoms with E-state index >= 15 is 0 Å². The van der Waals surface area contributed by atoms with Gasteiger partial charge in [0.1, 0.15) is 6.10 Å². The van der Waals surface area contributed by atoms with E-state index in [9.17, 15) is 19.8 Å². The lowest BCUT2D eigenvalue weighted by atomic mass is 9.93. The fraction of sp³-hybridized carbons (Fsp3) is 0.538. The summed E-state index contributed by atoms with van der Waals surface area (Å²) in [7, 11) is 3.85. The summed E-state index contributed by atoms with van der Waals surface area (Å²) in [5.41, 5.74) is 7.14. The normalized spacial score (nSPS) is 27.5. The van der Waals surface area contributed by atoms with Crippen LogP contribution in [-0.4, -0.2) is 89.5 Å². The molecule has 10 atom stereocenters. The zero-order valence-electron chi connectivity index (χ0n) is 40.7. The number of carbonyl (C=O) groups excluding carboxylic acids is 1. The minimum Gasteiger partial charge on any atom is -0.478 e. The van der Waals surface area contributed by atoms with E-state index in [1.54, 1.807) is 19.6 Å². The summed E-state index contributed by atoms with van der Waals surface area (Å²) < 4.78 is 34.6. The van der Waals surface area contributed by atoms with Crippen LogP contribution >= 0.6 is 0 Å². The maximum absolute atomic E-state index is 13.3. The Morgan fingerprint density at radius 2 is 1.49 bits per heavy atom. The molecule has 7 rings (SSSR count). The van der Waals surface area contributed by atoms with Gasteiger partial charge in [0.15, 0.2) is 11.6 Å². The first-order valence-electron chi connectivity index (χ1n) is 22.9. The Morgan fingerprint density at radius 3 is 2.15 bits per heavy atom. The molecule has 2 N–H and O–H groups in total. The van der Waals surface area contributed by atoms with Crippen LogP contribution in [0.2, 0.25) is 0 Å². The van der Waals surface area contributed by atoms with Crippen molar-refractivity contribution in [2.24, 2.45) is 37.8 Å². The van der Waals surface area contributed by atoms with Crippen LogP contribution < -0.4 is 0 Å². The molecule has 13 nitrogen and oxygen atoms in total. The molecule has 3 aliphatic rings. The summed E-state index contributed by atoms with van der Waals surface area (Å²) in [6, 6.07) is 3.86. The third kappa shape index (κ3) is 11.2. The van der Waals surface area contributed by atoms with Crippen molar-refractivity contribution in [2.75, 3.05) is 0 Å². The number of carboxylic acid groups (broad SMARTS) is 1. The van der Waals surface area contributed by atoms with Gasteiger partial charge in [-0.05, 0) is 97.4 Å². The molecule has 0 spiro atoms. The highest BCUT2D eigenvalue weighted by Gasteiger charge is 2.44. The number of aliphatic hydroxyl groups excluding tert-OH is 1. The SMILES string of the molecule is Cc1cc2c(ncn2C)c(/C=C/C[C@@H]2OC(C)(C)O[C@@H]2C(C)/C=C\[C@@H](C)[C@H](C)O)c1C(=O)O.Cc1cc2c(ncn2C)c2c1C(=O)O[C@@H](C)[C@H](C)/C=C\C(C)[C@H]1OC(C)(C)O[C@H]1CC=C2. The first-order chi connectivity index (χ1) is 30.5. The number of ether oxygens (including phenoxy) is 5. The van der Waals surface area contributed by atoms with Gasteiger partial charge in [0.2, 0.25) is 0 Å². The molecule has 5 heterocycles. The number of benzene rings is 2. The minimum absolute atomic E-state index is 0.0502. The molecule has 65 heavy (non-hydrogen) atoms. The molecule has 0 saturated carbocycles. The van der Waals surface area contributed by atoms with Crippen molar-refractivity contribution in [2.45, 2.75) is 144 Å². The third-order valence-corrected chi connectivity index (χ3v) is 12.9. The first kappa shape index (κ1) is 49.5. The predicted octanol–water partition coefficient (Wildman–Crippen LogP) is 9.90. The summed E-state index contributed by atoms with van der Waals surface area (Å²) in [6.45, 7) is 23.5. The van der Waals surface area contributed by atoms with Crippen molar-refractivity contribution in [1.82, 2.24) is 19.1 Å². The number of aromatic nitrogens is 4. The molecule has 0 aliphatic carbocycles. The number of rotatable bonds is 8. The van der Waals surface area contributed by atoms with E-state index in [1.807, 2.05) is 115 Å². The lowest BCUT2D eigenvalue weighted by Crippen LogP contribution is -2.29. The minimum atomic E-state index is -0.967. The monoisotopic (exact) mass is 895 g/mol. The molecule has 4 aromatic rings. The summed E-state index contributed by atoms with van der Waals surface area (Å²) in [5.74, 6) is -2.24. The van der Waals surface area contributed by atoms with E-state index < -0.39 is 23.6 Å². The zero-order valence-corrected chi connectivity index (χ0v) is 40.7. The van der Waals surface area contributed by atoms with E-state index in [0.29, 0.717) is 35.0 Å². The van der Waals surface area contributed by atoms with Gasteiger partial charge in [0.05, 0.1) is 76.4 Å². The van der Waals surface area contributed by atoms with Gasteiger partial charge in [-0.15, -0.1) is 0 Å². The average Bonchev–Trinajstić information content (AvgIpc) is 3.96. The molecule has 0 amide bonds. The van der Waals surface area contributed by atoms with E-state index in [1.165, 1.54) is 0 Å². The predicted molar refractivity (Wildman–Crippen MR) is 254 cm³/mol. The van der Waals surface area contributed by atoms with Crippen molar-refractivity contribution in [3.63, 3.8) is 0 Å². The number of cyclic esters (lactones) is 1. The van der Waals surface area contributed by atoms with Crippen LogP contribution in [0.1, 0.15) is 125 Å². The number of aromatic carboxylic acids is 1. The lowest BCUT2D eigenvalue weighted by Gasteiger charge is -2.23. The van der Waals surface area contributed by atoms with Crippen LogP contribution in [0.15, 0.2) is 61.2 Å². The van der Waals surface area contributed by atoms with Crippen LogP contribution in [0.25, 0.3) is 34.2 Å². The van der Waals surface area contributed by atoms with Crippen molar-refractivity contribution >= 4 is 46.2 Å². The van der Waals surface area contributed by atoms with Gasteiger partial charge < -0.3 is 43.0 Å². The highest BCUT2D eigenvalue weighted by Crippen LogP contribution is 2.37. The van der Waals surface area contributed by atoms with Crippen molar-refractivity contribution in [3.8, 4) is 0 Å². The molecule has 0 radical (unpaired) electrons. The Kier molecular flexibility index (Phi) is 15.2. The topological polar surface area (TPSA) is 156 Å². The maximum Gasteiger partial charge on any atom is 0.339 e. The van der Waals surface area contributed by atoms with Gasteiger partial charge >= 0.3 is 11.9 Å². The number of fused-ring (bicyclic) bond motifs is 5. The van der Waals surface area contributed by atoms with E-state index in [4.69, 9.17) is 23.7 Å².